The fraction of sp³-hybridized carbons (Fsp3) is 0.333. The summed E-state index contributed by atoms with van der Waals surface area (Å²) in [6.07, 6.45) is 7.04. The summed E-state index contributed by atoms with van der Waals surface area (Å²) in [6.45, 7) is -0.149. The number of nitrogens with one attached hydrogen (secondary N) is 1. The second-order valence-electron chi connectivity index (χ2n) is 6.97. The number of methoxy groups -OCH3 is 2. The fourth-order valence-electron chi connectivity index (χ4n) is 3.58. The summed E-state index contributed by atoms with van der Waals surface area (Å²) < 4.78 is 11.8. The summed E-state index contributed by atoms with van der Waals surface area (Å²) in [5.74, 6) is 0.817. The lowest BCUT2D eigenvalue weighted by atomic mass is 9.97. The molecule has 0 spiro atoms. The number of hydrogen-bond donors (Lipinski definition) is 1. The van der Waals surface area contributed by atoms with Crippen LogP contribution >= 0.6 is 11.3 Å². The average molecular weight is 426 g/mol. The molecule has 0 aliphatic heterocycles. The van der Waals surface area contributed by atoms with Crippen LogP contribution in [-0.2, 0) is 24.2 Å². The number of hydrogen-bond acceptors (Lipinski definition) is 7. The fourth-order valence-corrected chi connectivity index (χ4v) is 4.80. The summed E-state index contributed by atoms with van der Waals surface area (Å²) in [7, 11) is 3.12. The summed E-state index contributed by atoms with van der Waals surface area (Å²) in [4.78, 5) is 31.6. The minimum Gasteiger partial charge on any atom is -0.497 e. The maximum atomic E-state index is 12.9. The second kappa shape index (κ2) is 8.66. The van der Waals surface area contributed by atoms with Gasteiger partial charge in [-0.05, 0) is 43.4 Å². The molecule has 0 atom stereocenters. The zero-order valence-electron chi connectivity index (χ0n) is 16.8. The smallest absolute Gasteiger partial charge is 0.262 e. The van der Waals surface area contributed by atoms with Crippen LogP contribution in [0.3, 0.4) is 0 Å². The van der Waals surface area contributed by atoms with E-state index in [2.05, 4.69) is 15.5 Å². The number of hydrazone groups is 1. The molecule has 1 N–H and O–H groups in total. The van der Waals surface area contributed by atoms with Crippen LogP contribution < -0.4 is 20.5 Å². The van der Waals surface area contributed by atoms with Gasteiger partial charge in [-0.15, -0.1) is 11.3 Å². The molecule has 3 aromatic rings. The molecule has 0 bridgehead atoms. The first-order chi connectivity index (χ1) is 14.6. The molecule has 8 nitrogen and oxygen atoms in total. The Morgan fingerprint density at radius 2 is 2.13 bits per heavy atom. The van der Waals surface area contributed by atoms with Crippen LogP contribution in [0.5, 0.6) is 11.5 Å². The Hall–Kier alpha value is -3.20. The van der Waals surface area contributed by atoms with E-state index in [0.717, 1.165) is 36.1 Å². The van der Waals surface area contributed by atoms with Crippen molar-refractivity contribution in [3.63, 3.8) is 0 Å². The van der Waals surface area contributed by atoms with Crippen molar-refractivity contribution in [1.29, 1.82) is 0 Å². The lowest BCUT2D eigenvalue weighted by molar-refractivity contribution is -0.121. The SMILES string of the molecule is COc1ccc(/C=N\NC(=O)Cn2cnc3sc4c(c3c2=O)CCCC4)c(OC)c1. The molecule has 0 radical (unpaired) electrons. The number of thiophene rings is 1. The maximum absolute atomic E-state index is 12.9. The molecule has 4 rings (SSSR count). The van der Waals surface area contributed by atoms with Crippen molar-refractivity contribution in [3.8, 4) is 11.5 Å². The zero-order chi connectivity index (χ0) is 21.1. The highest BCUT2D eigenvalue weighted by atomic mass is 32.1. The Kier molecular flexibility index (Phi) is 5.80. The predicted octanol–water partition coefficient (Wildman–Crippen LogP) is 2.50. The van der Waals surface area contributed by atoms with E-state index < -0.39 is 5.91 Å². The highest BCUT2D eigenvalue weighted by molar-refractivity contribution is 7.18. The first kappa shape index (κ1) is 20.1. The van der Waals surface area contributed by atoms with Gasteiger partial charge < -0.3 is 9.47 Å². The number of carbonyl (C=O) groups is 1. The molecule has 156 valence electrons. The monoisotopic (exact) mass is 426 g/mol. The van der Waals surface area contributed by atoms with Gasteiger partial charge in [0, 0.05) is 16.5 Å². The van der Waals surface area contributed by atoms with Crippen molar-refractivity contribution >= 4 is 33.7 Å². The third-order valence-electron chi connectivity index (χ3n) is 5.09. The van der Waals surface area contributed by atoms with Crippen LogP contribution in [-0.4, -0.2) is 35.9 Å². The van der Waals surface area contributed by atoms with Gasteiger partial charge in [0.2, 0.25) is 0 Å². The average Bonchev–Trinajstić information content (AvgIpc) is 3.15. The number of fused-ring (bicyclic) bond motifs is 3. The first-order valence-corrected chi connectivity index (χ1v) is 10.5. The van der Waals surface area contributed by atoms with E-state index >= 15 is 0 Å². The van der Waals surface area contributed by atoms with E-state index in [1.165, 1.54) is 22.0 Å². The molecule has 0 fully saturated rings. The van der Waals surface area contributed by atoms with Crippen molar-refractivity contribution in [2.24, 2.45) is 5.10 Å². The van der Waals surface area contributed by atoms with E-state index in [1.54, 1.807) is 43.8 Å². The summed E-state index contributed by atoms with van der Waals surface area (Å²) in [5.41, 5.74) is 4.07. The van der Waals surface area contributed by atoms with Crippen LogP contribution in [0.4, 0.5) is 0 Å². The molecule has 0 saturated heterocycles. The van der Waals surface area contributed by atoms with Crippen LogP contribution in [0, 0.1) is 0 Å². The lowest BCUT2D eigenvalue weighted by Crippen LogP contribution is -2.30. The molecule has 1 aromatic carbocycles. The standard InChI is InChI=1S/C21H22N4O4S/c1-28-14-8-7-13(16(9-14)29-2)10-23-24-18(26)11-25-12-22-20-19(21(25)27)15-5-3-4-6-17(15)30-20/h7-10,12H,3-6,11H2,1-2H3,(H,24,26)/b23-10-. The van der Waals surface area contributed by atoms with Gasteiger partial charge in [-0.3, -0.25) is 14.2 Å². The van der Waals surface area contributed by atoms with Crippen molar-refractivity contribution in [3.05, 3.63) is 50.9 Å². The van der Waals surface area contributed by atoms with Crippen LogP contribution in [0.15, 0.2) is 34.4 Å². The van der Waals surface area contributed by atoms with Gasteiger partial charge in [0.05, 0.1) is 32.1 Å². The first-order valence-electron chi connectivity index (χ1n) is 9.64. The zero-order valence-corrected chi connectivity index (χ0v) is 17.6. The summed E-state index contributed by atoms with van der Waals surface area (Å²) in [5, 5.41) is 4.64. The molecule has 1 aliphatic rings. The highest BCUT2D eigenvalue weighted by Gasteiger charge is 2.20. The van der Waals surface area contributed by atoms with Crippen LogP contribution in [0.25, 0.3) is 10.2 Å². The van der Waals surface area contributed by atoms with E-state index in [1.807, 2.05) is 0 Å². The van der Waals surface area contributed by atoms with E-state index in [4.69, 9.17) is 9.47 Å². The number of aryl methyl sites for hydroxylation is 2. The van der Waals surface area contributed by atoms with E-state index in [9.17, 15) is 9.59 Å². The number of benzene rings is 1. The van der Waals surface area contributed by atoms with Crippen molar-refractivity contribution < 1.29 is 14.3 Å². The number of ether oxygens (including phenoxy) is 2. The molecule has 0 unspecified atom stereocenters. The predicted molar refractivity (Wildman–Crippen MR) is 116 cm³/mol. The Labute approximate surface area is 177 Å². The number of amides is 1. The van der Waals surface area contributed by atoms with Gasteiger partial charge in [0.1, 0.15) is 22.9 Å². The Balaban J connectivity index is 1.48. The Morgan fingerprint density at radius 3 is 2.93 bits per heavy atom. The molecular weight excluding hydrogens is 404 g/mol. The molecule has 2 aromatic heterocycles. The maximum Gasteiger partial charge on any atom is 0.262 e. The van der Waals surface area contributed by atoms with Gasteiger partial charge in [-0.1, -0.05) is 0 Å². The normalized spacial score (nSPS) is 13.4. The van der Waals surface area contributed by atoms with E-state index in [0.29, 0.717) is 22.4 Å². The number of carbonyl (C=O) groups excluding carboxylic acids is 1. The molecule has 1 aliphatic carbocycles. The highest BCUT2D eigenvalue weighted by Crippen LogP contribution is 2.33. The summed E-state index contributed by atoms with van der Waals surface area (Å²) in [6, 6.07) is 5.27. The van der Waals surface area contributed by atoms with Gasteiger partial charge in [0.15, 0.2) is 0 Å². The molecule has 9 heteroatoms. The lowest BCUT2D eigenvalue weighted by Gasteiger charge is -2.10. The van der Waals surface area contributed by atoms with E-state index in [-0.39, 0.29) is 12.1 Å². The van der Waals surface area contributed by atoms with Crippen molar-refractivity contribution in [1.82, 2.24) is 15.0 Å². The third-order valence-corrected chi connectivity index (χ3v) is 6.29. The second-order valence-corrected chi connectivity index (χ2v) is 8.05. The quantitative estimate of drug-likeness (QED) is 0.483. The van der Waals surface area contributed by atoms with Crippen molar-refractivity contribution in [2.45, 2.75) is 32.2 Å². The minimum atomic E-state index is -0.411. The van der Waals surface area contributed by atoms with Gasteiger partial charge in [0.25, 0.3) is 11.5 Å². The minimum absolute atomic E-state index is 0.149. The number of nitrogens with zero attached hydrogens (tertiary/aromatic N) is 3. The van der Waals surface area contributed by atoms with Gasteiger partial charge in [-0.2, -0.15) is 5.10 Å². The molecule has 1 amide bonds. The van der Waals surface area contributed by atoms with Crippen molar-refractivity contribution in [2.75, 3.05) is 14.2 Å². The third kappa shape index (κ3) is 3.93. The summed E-state index contributed by atoms with van der Waals surface area (Å²) >= 11 is 1.59. The molecule has 0 saturated carbocycles. The Bertz CT molecular complexity index is 1180. The van der Waals surface area contributed by atoms with Crippen LogP contribution in [0.1, 0.15) is 28.8 Å². The Morgan fingerprint density at radius 1 is 1.30 bits per heavy atom. The van der Waals surface area contributed by atoms with Gasteiger partial charge >= 0.3 is 0 Å². The number of aromatic nitrogens is 2. The molecular formula is C21H22N4O4S. The molecule has 30 heavy (non-hydrogen) atoms. The number of rotatable bonds is 6. The molecule has 2 heterocycles. The largest absolute Gasteiger partial charge is 0.497 e. The van der Waals surface area contributed by atoms with Gasteiger partial charge in [-0.25, -0.2) is 10.4 Å². The topological polar surface area (TPSA) is 94.8 Å². The van der Waals surface area contributed by atoms with Crippen LogP contribution in [0.2, 0.25) is 0 Å².